The van der Waals surface area contributed by atoms with Gasteiger partial charge >= 0.3 is 0 Å². The molecule has 0 unspecified atom stereocenters. The van der Waals surface area contributed by atoms with E-state index in [1.807, 2.05) is 13.8 Å². The summed E-state index contributed by atoms with van der Waals surface area (Å²) in [4.78, 5) is 0.239. The number of halogens is 3. The van der Waals surface area contributed by atoms with Crippen molar-refractivity contribution in [1.29, 1.82) is 0 Å². The van der Waals surface area contributed by atoms with Crippen molar-refractivity contribution in [2.75, 3.05) is 0 Å². The zero-order valence-corrected chi connectivity index (χ0v) is 8.35. The average molecular weight is 211 g/mol. The molecular weight excluding hydrogens is 202 g/mol. The lowest BCUT2D eigenvalue weighted by Crippen LogP contribution is -1.80. The van der Waals surface area contributed by atoms with E-state index in [1.165, 1.54) is 6.07 Å². The van der Waals surface area contributed by atoms with Crippen molar-refractivity contribution in [3.63, 3.8) is 0 Å². The molecule has 0 N–H and O–H groups in total. The van der Waals surface area contributed by atoms with E-state index in [2.05, 4.69) is 0 Å². The van der Waals surface area contributed by atoms with Gasteiger partial charge in [-0.3, -0.25) is 0 Å². The monoisotopic (exact) mass is 210 g/mol. The van der Waals surface area contributed by atoms with Crippen LogP contribution in [-0.2, 0) is 0 Å². The lowest BCUT2D eigenvalue weighted by Gasteiger charge is -1.94. The van der Waals surface area contributed by atoms with Gasteiger partial charge in [-0.1, -0.05) is 13.8 Å². The molecule has 0 aliphatic carbocycles. The molecule has 0 radical (unpaired) electrons. The third-order valence-corrected chi connectivity index (χ3v) is 1.97. The fourth-order valence-electron chi connectivity index (χ4n) is 0.538. The van der Waals surface area contributed by atoms with Crippen LogP contribution in [0.2, 0.25) is 0 Å². The Morgan fingerprint density at radius 1 is 1.25 bits per heavy atom. The van der Waals surface area contributed by atoms with E-state index < -0.39 is 11.6 Å². The van der Waals surface area contributed by atoms with Crippen LogP contribution in [0.1, 0.15) is 13.8 Å². The molecule has 0 saturated carbocycles. The summed E-state index contributed by atoms with van der Waals surface area (Å²) in [6.07, 6.45) is 0. The predicted molar refractivity (Wildman–Crippen MR) is 49.4 cm³/mol. The molecule has 0 spiro atoms. The van der Waals surface area contributed by atoms with Gasteiger partial charge in [0.15, 0.2) is 0 Å². The molecule has 0 aliphatic rings. The molecular formula is C8H9ClF2S. The van der Waals surface area contributed by atoms with Gasteiger partial charge < -0.3 is 0 Å². The molecule has 0 fully saturated rings. The van der Waals surface area contributed by atoms with Crippen LogP contribution in [0, 0.1) is 11.6 Å². The Hall–Kier alpha value is -0.280. The highest BCUT2D eigenvalue weighted by Gasteiger charge is 2.01. The first-order chi connectivity index (χ1) is 5.74. The molecule has 1 rings (SSSR count). The van der Waals surface area contributed by atoms with Crippen molar-refractivity contribution < 1.29 is 8.78 Å². The summed E-state index contributed by atoms with van der Waals surface area (Å²) >= 11 is 0. The smallest absolute Gasteiger partial charge is 0.140 e. The van der Waals surface area contributed by atoms with Gasteiger partial charge in [0.2, 0.25) is 0 Å². The van der Waals surface area contributed by atoms with Gasteiger partial charge in [0.1, 0.15) is 11.6 Å². The van der Waals surface area contributed by atoms with Gasteiger partial charge in [0.25, 0.3) is 0 Å². The summed E-state index contributed by atoms with van der Waals surface area (Å²) in [5, 5.41) is 0. The molecule has 68 valence electrons. The van der Waals surface area contributed by atoms with Crippen LogP contribution >= 0.6 is 21.7 Å². The van der Waals surface area contributed by atoms with Crippen molar-refractivity contribution >= 4 is 21.7 Å². The molecule has 12 heavy (non-hydrogen) atoms. The number of hydrogen-bond donors (Lipinski definition) is 0. The van der Waals surface area contributed by atoms with Crippen molar-refractivity contribution in [3.8, 4) is 0 Å². The predicted octanol–water partition coefficient (Wildman–Crippen LogP) is 4.24. The van der Waals surface area contributed by atoms with E-state index in [0.29, 0.717) is 0 Å². The first-order valence-electron chi connectivity index (χ1n) is 3.47. The second kappa shape index (κ2) is 6.26. The minimum Gasteiger partial charge on any atom is -0.207 e. The minimum absolute atomic E-state index is 0.239. The first-order valence-corrected chi connectivity index (χ1v) is 5.12. The highest BCUT2D eigenvalue weighted by Crippen LogP contribution is 2.24. The van der Waals surface area contributed by atoms with E-state index in [4.69, 9.17) is 10.7 Å². The third-order valence-electron chi connectivity index (χ3n) is 0.977. The molecule has 0 aromatic heterocycles. The number of hydrogen-bond acceptors (Lipinski definition) is 1. The minimum atomic E-state index is -0.625. The Morgan fingerprint density at radius 2 is 1.83 bits per heavy atom. The van der Waals surface area contributed by atoms with Gasteiger partial charge in [0.05, 0.1) is 4.90 Å². The van der Waals surface area contributed by atoms with Crippen LogP contribution in [0.3, 0.4) is 0 Å². The molecule has 1 aromatic rings. The van der Waals surface area contributed by atoms with Crippen molar-refractivity contribution in [2.24, 2.45) is 0 Å². The summed E-state index contributed by atoms with van der Waals surface area (Å²) in [6, 6.07) is 3.25. The molecule has 1 aromatic carbocycles. The molecule has 0 saturated heterocycles. The summed E-state index contributed by atoms with van der Waals surface area (Å²) in [7, 11) is 5.97. The number of benzene rings is 1. The van der Waals surface area contributed by atoms with Crippen molar-refractivity contribution in [1.82, 2.24) is 0 Å². The lowest BCUT2D eigenvalue weighted by molar-refractivity contribution is 0.566. The summed E-state index contributed by atoms with van der Waals surface area (Å²) in [5.41, 5.74) is 0. The molecule has 0 bridgehead atoms. The van der Waals surface area contributed by atoms with E-state index in [-0.39, 0.29) is 4.90 Å². The van der Waals surface area contributed by atoms with E-state index >= 15 is 0 Å². The quantitative estimate of drug-likeness (QED) is 0.668. The van der Waals surface area contributed by atoms with Gasteiger partial charge in [0, 0.05) is 6.07 Å². The molecule has 0 aliphatic heterocycles. The van der Waals surface area contributed by atoms with E-state index in [1.54, 1.807) is 0 Å². The molecule has 0 atom stereocenters. The van der Waals surface area contributed by atoms with E-state index in [0.717, 1.165) is 23.1 Å². The topological polar surface area (TPSA) is 0 Å². The summed E-state index contributed by atoms with van der Waals surface area (Å²) < 4.78 is 24.7. The van der Waals surface area contributed by atoms with Gasteiger partial charge in [-0.15, -0.1) is 0 Å². The standard InChI is InChI=1S/C6H3ClF2S.C2H6/c7-10-6-2-1-4(8)3-5(6)9;1-2/h1-3H;1-2H3. The summed E-state index contributed by atoms with van der Waals surface area (Å²) in [6.45, 7) is 4.00. The Labute approximate surface area is 79.4 Å². The largest absolute Gasteiger partial charge is 0.207 e. The maximum atomic E-state index is 12.5. The molecule has 4 heteroatoms. The fraction of sp³-hybridized carbons (Fsp3) is 0.250. The van der Waals surface area contributed by atoms with Crippen LogP contribution in [0.5, 0.6) is 0 Å². The normalized spacial score (nSPS) is 8.75. The van der Waals surface area contributed by atoms with E-state index in [9.17, 15) is 8.78 Å². The van der Waals surface area contributed by atoms with Crippen LogP contribution in [0.15, 0.2) is 23.1 Å². The third kappa shape index (κ3) is 3.41. The van der Waals surface area contributed by atoms with Gasteiger partial charge in [-0.2, -0.15) is 0 Å². The van der Waals surface area contributed by atoms with Gasteiger partial charge in [-0.25, -0.2) is 8.78 Å². The van der Waals surface area contributed by atoms with Gasteiger partial charge in [-0.05, 0) is 33.8 Å². The first kappa shape index (κ1) is 11.7. The maximum Gasteiger partial charge on any atom is 0.140 e. The Balaban J connectivity index is 0.000000561. The maximum absolute atomic E-state index is 12.5. The SMILES string of the molecule is CC.Fc1ccc(SCl)c(F)c1. The second-order valence-corrected chi connectivity index (χ2v) is 2.71. The molecule has 0 amide bonds. The van der Waals surface area contributed by atoms with Crippen molar-refractivity contribution in [2.45, 2.75) is 18.7 Å². The van der Waals surface area contributed by atoms with Crippen LogP contribution < -0.4 is 0 Å². The summed E-state index contributed by atoms with van der Waals surface area (Å²) in [5.74, 6) is -1.22. The highest BCUT2D eigenvalue weighted by molar-refractivity contribution is 8.21. The molecule has 0 heterocycles. The van der Waals surface area contributed by atoms with Crippen LogP contribution in [-0.4, -0.2) is 0 Å². The zero-order chi connectivity index (χ0) is 9.56. The zero-order valence-electron chi connectivity index (χ0n) is 6.77. The molecule has 0 nitrogen and oxygen atoms in total. The second-order valence-electron chi connectivity index (χ2n) is 1.65. The highest BCUT2D eigenvalue weighted by atomic mass is 35.7. The Kier molecular flexibility index (Phi) is 6.11. The fourth-order valence-corrected chi connectivity index (χ4v) is 1.17. The van der Waals surface area contributed by atoms with Crippen molar-refractivity contribution in [3.05, 3.63) is 29.8 Å². The van der Waals surface area contributed by atoms with Crippen LogP contribution in [0.25, 0.3) is 0 Å². The van der Waals surface area contributed by atoms with Crippen LogP contribution in [0.4, 0.5) is 8.78 Å². The lowest BCUT2D eigenvalue weighted by atomic mass is 10.3. The Bertz CT molecular complexity index is 240. The average Bonchev–Trinajstić information content (AvgIpc) is 2.08. The Morgan fingerprint density at radius 3 is 2.25 bits per heavy atom. The number of rotatable bonds is 1.